The van der Waals surface area contributed by atoms with Crippen LogP contribution in [0.25, 0.3) is 16.7 Å². The Bertz CT molecular complexity index is 999. The Morgan fingerprint density at radius 3 is 2.65 bits per heavy atom. The molecular weight excluding hydrogens is 383 g/mol. The highest BCUT2D eigenvalue weighted by atomic mass is 35.5. The van der Waals surface area contributed by atoms with Crippen molar-refractivity contribution in [3.05, 3.63) is 69.3 Å². The maximum atomic E-state index is 12.4. The molecule has 3 rings (SSSR count). The Kier molecular flexibility index (Phi) is 5.12. The van der Waals surface area contributed by atoms with Gasteiger partial charge in [0.25, 0.3) is 0 Å². The maximum Gasteiger partial charge on any atom is 0.387 e. The number of H-pyrrole nitrogens is 1. The molecule has 3 aromatic rings. The number of rotatable bonds is 5. The molecule has 0 amide bonds. The Labute approximate surface area is 158 Å². The van der Waals surface area contributed by atoms with E-state index >= 15 is 0 Å². The van der Waals surface area contributed by atoms with Gasteiger partial charge in [0.2, 0.25) is 0 Å². The van der Waals surface area contributed by atoms with Crippen molar-refractivity contribution in [1.82, 2.24) is 4.98 Å². The number of aryl methyl sites for hydroxylation is 1. The molecule has 0 radical (unpaired) electrons. The quantitative estimate of drug-likeness (QED) is 0.482. The first kappa shape index (κ1) is 18.5. The van der Waals surface area contributed by atoms with Crippen LogP contribution in [0, 0.1) is 6.92 Å². The SMILES string of the molecule is C=C(O)c1ccc(Cl)c(Cc2cc3c(C)cc(OC(F)F)cc3[nH]2)c1Cl. The van der Waals surface area contributed by atoms with Crippen LogP contribution < -0.4 is 4.74 Å². The molecule has 0 unspecified atom stereocenters. The largest absolute Gasteiger partial charge is 0.508 e. The van der Waals surface area contributed by atoms with Crippen molar-refractivity contribution >= 4 is 39.9 Å². The van der Waals surface area contributed by atoms with E-state index in [1.807, 2.05) is 13.0 Å². The fraction of sp³-hybridized carbons (Fsp3) is 0.158. The molecule has 0 aliphatic heterocycles. The minimum Gasteiger partial charge on any atom is -0.508 e. The van der Waals surface area contributed by atoms with Gasteiger partial charge in [-0.05, 0) is 42.3 Å². The summed E-state index contributed by atoms with van der Waals surface area (Å²) in [6.07, 6.45) is 0.373. The van der Waals surface area contributed by atoms with Crippen molar-refractivity contribution in [3.63, 3.8) is 0 Å². The van der Waals surface area contributed by atoms with Crippen molar-refractivity contribution in [2.24, 2.45) is 0 Å². The van der Waals surface area contributed by atoms with E-state index in [0.29, 0.717) is 33.1 Å². The van der Waals surface area contributed by atoms with Gasteiger partial charge in [0.05, 0.1) is 5.02 Å². The topological polar surface area (TPSA) is 45.2 Å². The van der Waals surface area contributed by atoms with Gasteiger partial charge in [0.1, 0.15) is 11.5 Å². The molecule has 7 heteroatoms. The minimum atomic E-state index is -2.88. The summed E-state index contributed by atoms with van der Waals surface area (Å²) in [6, 6.07) is 8.22. The normalized spacial score (nSPS) is 11.3. The van der Waals surface area contributed by atoms with Gasteiger partial charge in [0.15, 0.2) is 0 Å². The molecule has 0 bridgehead atoms. The Hall–Kier alpha value is -2.24. The highest BCUT2D eigenvalue weighted by Crippen LogP contribution is 2.34. The van der Waals surface area contributed by atoms with Crippen LogP contribution in [-0.4, -0.2) is 16.7 Å². The molecule has 1 heterocycles. The third-order valence-electron chi connectivity index (χ3n) is 4.06. The second-order valence-corrected chi connectivity index (χ2v) is 6.67. The minimum absolute atomic E-state index is 0.0908. The molecule has 2 aromatic carbocycles. The second kappa shape index (κ2) is 7.17. The smallest absolute Gasteiger partial charge is 0.387 e. The number of alkyl halides is 2. The number of hydrogen-bond donors (Lipinski definition) is 2. The van der Waals surface area contributed by atoms with Gasteiger partial charge in [-0.1, -0.05) is 29.8 Å². The van der Waals surface area contributed by atoms with Gasteiger partial charge in [-0.3, -0.25) is 0 Å². The first-order valence-corrected chi connectivity index (χ1v) is 8.44. The van der Waals surface area contributed by atoms with Gasteiger partial charge in [0, 0.05) is 39.7 Å². The molecule has 0 atom stereocenters. The molecule has 0 saturated heterocycles. The van der Waals surface area contributed by atoms with E-state index < -0.39 is 6.61 Å². The van der Waals surface area contributed by atoms with Crippen molar-refractivity contribution < 1.29 is 18.6 Å². The average molecular weight is 398 g/mol. The molecular formula is C19H15Cl2F2NO2. The van der Waals surface area contributed by atoms with Gasteiger partial charge in [-0.25, -0.2) is 0 Å². The summed E-state index contributed by atoms with van der Waals surface area (Å²) in [6.45, 7) is 2.42. The summed E-state index contributed by atoms with van der Waals surface area (Å²) in [7, 11) is 0. The van der Waals surface area contributed by atoms with Gasteiger partial charge in [-0.2, -0.15) is 8.78 Å². The average Bonchev–Trinajstić information content (AvgIpc) is 2.93. The van der Waals surface area contributed by atoms with E-state index in [2.05, 4.69) is 16.3 Å². The molecule has 3 nitrogen and oxygen atoms in total. The summed E-state index contributed by atoms with van der Waals surface area (Å²) in [4.78, 5) is 3.17. The van der Waals surface area contributed by atoms with Crippen molar-refractivity contribution in [2.75, 3.05) is 0 Å². The number of halogens is 4. The number of aliphatic hydroxyl groups is 1. The van der Waals surface area contributed by atoms with E-state index in [-0.39, 0.29) is 11.5 Å². The summed E-state index contributed by atoms with van der Waals surface area (Å²) in [5.74, 6) is -0.0535. The van der Waals surface area contributed by atoms with Crippen molar-refractivity contribution in [2.45, 2.75) is 20.0 Å². The maximum absolute atomic E-state index is 12.4. The van der Waals surface area contributed by atoms with E-state index in [0.717, 1.165) is 16.6 Å². The number of benzene rings is 2. The Morgan fingerprint density at radius 2 is 2.00 bits per heavy atom. The van der Waals surface area contributed by atoms with Crippen LogP contribution in [0.2, 0.25) is 10.0 Å². The van der Waals surface area contributed by atoms with Crippen LogP contribution in [0.3, 0.4) is 0 Å². The highest BCUT2D eigenvalue weighted by molar-refractivity contribution is 6.37. The van der Waals surface area contributed by atoms with Crippen LogP contribution in [0.1, 0.15) is 22.4 Å². The number of ether oxygens (including phenoxy) is 1. The van der Waals surface area contributed by atoms with Crippen LogP contribution in [0.5, 0.6) is 5.75 Å². The molecule has 26 heavy (non-hydrogen) atoms. The van der Waals surface area contributed by atoms with E-state index in [1.165, 1.54) is 6.07 Å². The molecule has 0 fully saturated rings. The van der Waals surface area contributed by atoms with Crippen molar-refractivity contribution in [1.29, 1.82) is 0 Å². The lowest BCUT2D eigenvalue weighted by Gasteiger charge is -2.10. The van der Waals surface area contributed by atoms with Crippen molar-refractivity contribution in [3.8, 4) is 5.75 Å². The first-order valence-electron chi connectivity index (χ1n) is 7.68. The molecule has 0 aliphatic carbocycles. The number of aromatic nitrogens is 1. The predicted molar refractivity (Wildman–Crippen MR) is 101 cm³/mol. The molecule has 136 valence electrons. The lowest BCUT2D eigenvalue weighted by Crippen LogP contribution is -2.01. The van der Waals surface area contributed by atoms with Crippen LogP contribution >= 0.6 is 23.2 Å². The zero-order chi connectivity index (χ0) is 19.0. The molecule has 0 saturated carbocycles. The predicted octanol–water partition coefficient (Wildman–Crippen LogP) is 6.50. The third kappa shape index (κ3) is 3.64. The van der Waals surface area contributed by atoms with Crippen LogP contribution in [0.4, 0.5) is 8.78 Å². The Morgan fingerprint density at radius 1 is 1.27 bits per heavy atom. The summed E-state index contributed by atoms with van der Waals surface area (Å²) < 4.78 is 29.4. The summed E-state index contributed by atoms with van der Waals surface area (Å²) in [5.41, 5.74) is 3.31. The lowest BCUT2D eigenvalue weighted by molar-refractivity contribution is -0.0497. The Balaban J connectivity index is 2.01. The molecule has 0 aliphatic rings. The second-order valence-electron chi connectivity index (χ2n) is 5.89. The highest BCUT2D eigenvalue weighted by Gasteiger charge is 2.15. The van der Waals surface area contributed by atoms with E-state index in [9.17, 15) is 13.9 Å². The number of hydrogen-bond acceptors (Lipinski definition) is 2. The lowest BCUT2D eigenvalue weighted by atomic mass is 10.0. The molecule has 1 aromatic heterocycles. The van der Waals surface area contributed by atoms with Crippen LogP contribution in [0.15, 0.2) is 36.9 Å². The summed E-state index contributed by atoms with van der Waals surface area (Å²) in [5, 5.41) is 11.3. The molecule has 0 spiro atoms. The van der Waals surface area contributed by atoms with E-state index in [4.69, 9.17) is 23.2 Å². The third-order valence-corrected chi connectivity index (χ3v) is 4.85. The number of fused-ring (bicyclic) bond motifs is 1. The number of aromatic amines is 1. The first-order chi connectivity index (χ1) is 12.3. The van der Waals surface area contributed by atoms with Gasteiger partial charge < -0.3 is 14.8 Å². The number of aliphatic hydroxyl groups excluding tert-OH is 1. The van der Waals surface area contributed by atoms with Gasteiger partial charge >= 0.3 is 6.61 Å². The summed E-state index contributed by atoms with van der Waals surface area (Å²) >= 11 is 12.6. The number of nitrogens with one attached hydrogen (secondary N) is 1. The fourth-order valence-corrected chi connectivity index (χ4v) is 3.50. The standard InChI is InChI=1S/C19H15Cl2F2NO2/c1-9-5-12(26-19(22)23)8-17-14(9)6-11(24-17)7-15-16(20)4-3-13(10(2)25)18(15)21/h3-6,8,19,24-25H,2,7H2,1H3. The zero-order valence-electron chi connectivity index (χ0n) is 13.7. The van der Waals surface area contributed by atoms with Crippen LogP contribution in [-0.2, 0) is 6.42 Å². The zero-order valence-corrected chi connectivity index (χ0v) is 15.3. The van der Waals surface area contributed by atoms with E-state index in [1.54, 1.807) is 18.2 Å². The molecule has 2 N–H and O–H groups in total. The monoisotopic (exact) mass is 397 g/mol. The van der Waals surface area contributed by atoms with Gasteiger partial charge in [-0.15, -0.1) is 0 Å². The fourth-order valence-electron chi connectivity index (χ4n) is 2.88.